The van der Waals surface area contributed by atoms with Gasteiger partial charge >= 0.3 is 0 Å². The van der Waals surface area contributed by atoms with Gasteiger partial charge in [-0.25, -0.2) is 4.21 Å². The Balaban J connectivity index is 3.14. The van der Waals surface area contributed by atoms with Gasteiger partial charge in [-0.1, -0.05) is 44.0 Å². The second-order valence-corrected chi connectivity index (χ2v) is 13.7. The van der Waals surface area contributed by atoms with E-state index in [1.54, 1.807) is 5.41 Å². The molecule has 0 aliphatic carbocycles. The van der Waals surface area contributed by atoms with Gasteiger partial charge in [-0.15, -0.1) is 0 Å². The molecule has 1 aromatic carbocycles. The zero-order valence-electron chi connectivity index (χ0n) is 15.7. The normalized spacial score (nSPS) is 14.3. The van der Waals surface area contributed by atoms with Crippen molar-refractivity contribution < 1.29 is 8.63 Å². The summed E-state index contributed by atoms with van der Waals surface area (Å²) in [5.74, 6) is 0.718. The van der Waals surface area contributed by atoms with Gasteiger partial charge in [0.15, 0.2) is 0 Å². The maximum atomic E-state index is 12.6. The fraction of sp³-hybridized carbons (Fsp3) is 0.474. The smallest absolute Gasteiger partial charge is 0.250 e. The van der Waals surface area contributed by atoms with Gasteiger partial charge in [0, 0.05) is 10.3 Å². The molecule has 0 radical (unpaired) electrons. The molecule has 0 unspecified atom stereocenters. The third-order valence-corrected chi connectivity index (χ3v) is 9.63. The summed E-state index contributed by atoms with van der Waals surface area (Å²) in [4.78, 5) is 0.800. The molecule has 0 spiro atoms. The summed E-state index contributed by atoms with van der Waals surface area (Å²) in [7, 11) is -3.17. The minimum Gasteiger partial charge on any atom is -0.543 e. The molecule has 0 aliphatic heterocycles. The first kappa shape index (κ1) is 19.9. The summed E-state index contributed by atoms with van der Waals surface area (Å²) in [5.41, 5.74) is 2.30. The Kier molecular flexibility index (Phi) is 6.60. The second-order valence-electron chi connectivity index (χ2n) is 7.71. The Bertz CT molecular complexity index is 616. The van der Waals surface area contributed by atoms with Gasteiger partial charge in [0.1, 0.15) is 5.76 Å². The van der Waals surface area contributed by atoms with Gasteiger partial charge < -0.3 is 4.43 Å². The van der Waals surface area contributed by atoms with Gasteiger partial charge in [0.05, 0.1) is 10.8 Å². The van der Waals surface area contributed by atoms with Crippen LogP contribution in [0.25, 0.3) is 0 Å². The monoisotopic (exact) mass is 350 g/mol. The van der Waals surface area contributed by atoms with Crippen molar-refractivity contribution in [3.8, 4) is 0 Å². The van der Waals surface area contributed by atoms with Gasteiger partial charge in [-0.3, -0.25) is 0 Å². The van der Waals surface area contributed by atoms with Gasteiger partial charge in [-0.2, -0.15) is 0 Å². The predicted octanol–water partition coefficient (Wildman–Crippen LogP) is 5.93. The van der Waals surface area contributed by atoms with Crippen molar-refractivity contribution in [1.82, 2.24) is 0 Å². The topological polar surface area (TPSA) is 26.3 Å². The summed E-state index contributed by atoms with van der Waals surface area (Å²) in [6.07, 6.45) is 1.98. The molecule has 0 fully saturated rings. The molecule has 0 amide bonds. The summed E-state index contributed by atoms with van der Waals surface area (Å²) in [5, 5.41) is 1.84. The molecule has 0 aromatic heterocycles. The van der Waals surface area contributed by atoms with Crippen molar-refractivity contribution in [1.29, 1.82) is 0 Å². The molecule has 0 N–H and O–H groups in total. The molecule has 0 heterocycles. The van der Waals surface area contributed by atoms with Crippen LogP contribution in [-0.2, 0) is 15.2 Å². The van der Waals surface area contributed by atoms with Crippen molar-refractivity contribution in [3.63, 3.8) is 0 Å². The first-order chi connectivity index (χ1) is 10.4. The van der Waals surface area contributed by atoms with Gasteiger partial charge in [0.25, 0.3) is 8.32 Å². The van der Waals surface area contributed by atoms with Crippen molar-refractivity contribution >= 4 is 19.1 Å². The van der Waals surface area contributed by atoms with Gasteiger partial charge in [0.2, 0.25) is 0 Å². The van der Waals surface area contributed by atoms with Crippen LogP contribution in [0, 0.1) is 6.92 Å². The molecule has 2 nitrogen and oxygen atoms in total. The highest BCUT2D eigenvalue weighted by atomic mass is 32.2. The van der Waals surface area contributed by atoms with E-state index in [1.807, 2.05) is 51.1 Å². The third kappa shape index (κ3) is 6.11. The van der Waals surface area contributed by atoms with Crippen LogP contribution in [0.15, 0.2) is 52.0 Å². The van der Waals surface area contributed by atoms with E-state index >= 15 is 0 Å². The van der Waals surface area contributed by atoms with Crippen LogP contribution in [0.3, 0.4) is 0 Å². The molecule has 0 aliphatic rings. The maximum Gasteiger partial charge on any atom is 0.250 e. The Hall–Kier alpha value is -1.13. The predicted molar refractivity (Wildman–Crippen MR) is 103 cm³/mol. The van der Waals surface area contributed by atoms with E-state index in [1.165, 1.54) is 0 Å². The average molecular weight is 351 g/mol. The molecule has 0 bridgehead atoms. The van der Waals surface area contributed by atoms with Crippen LogP contribution >= 0.6 is 0 Å². The molecule has 0 saturated carbocycles. The Morgan fingerprint density at radius 1 is 1.13 bits per heavy atom. The molecule has 1 rings (SSSR count). The summed E-state index contributed by atoms with van der Waals surface area (Å²) < 4.78 is 19.0. The summed E-state index contributed by atoms with van der Waals surface area (Å²) in [6, 6.07) is 7.79. The Labute approximate surface area is 145 Å². The lowest BCUT2D eigenvalue weighted by molar-refractivity contribution is 0.400. The molecule has 1 atom stereocenters. The van der Waals surface area contributed by atoms with E-state index in [2.05, 4.69) is 33.9 Å². The fourth-order valence-electron chi connectivity index (χ4n) is 1.67. The quantitative estimate of drug-likeness (QED) is 0.373. The van der Waals surface area contributed by atoms with Crippen molar-refractivity contribution in [3.05, 3.63) is 52.6 Å². The van der Waals surface area contributed by atoms with Crippen LogP contribution in [0.2, 0.25) is 18.1 Å². The zero-order chi connectivity index (χ0) is 17.8. The largest absolute Gasteiger partial charge is 0.543 e. The molecular weight excluding hydrogens is 320 g/mol. The molecule has 23 heavy (non-hydrogen) atoms. The number of hydrogen-bond acceptors (Lipinski definition) is 2. The van der Waals surface area contributed by atoms with Gasteiger partial charge in [-0.05, 0) is 57.1 Å². The van der Waals surface area contributed by atoms with E-state index in [-0.39, 0.29) is 5.04 Å². The molecular formula is C19H30O2SSi. The van der Waals surface area contributed by atoms with Crippen molar-refractivity contribution in [2.45, 2.75) is 64.6 Å². The lowest BCUT2D eigenvalue weighted by Crippen LogP contribution is -2.40. The summed E-state index contributed by atoms with van der Waals surface area (Å²) >= 11 is 0. The standard InChI is InChI=1S/C19H30O2SSi/c1-15(2)13-17(21-23(7,8)19(4,5)6)14-22(20)18-11-9-16(3)10-12-18/h9-14H,1-8H3/b17-14-/t22-/m1/s1. The lowest BCUT2D eigenvalue weighted by atomic mass is 10.2. The first-order valence-corrected chi connectivity index (χ1v) is 12.1. The fourth-order valence-corrected chi connectivity index (χ4v) is 3.63. The lowest BCUT2D eigenvalue weighted by Gasteiger charge is -2.36. The van der Waals surface area contributed by atoms with Crippen LogP contribution in [0.1, 0.15) is 40.2 Å². The molecule has 128 valence electrons. The van der Waals surface area contributed by atoms with Crippen LogP contribution in [0.4, 0.5) is 0 Å². The highest BCUT2D eigenvalue weighted by molar-refractivity contribution is 7.88. The maximum absolute atomic E-state index is 12.6. The van der Waals surface area contributed by atoms with E-state index < -0.39 is 19.1 Å². The second kappa shape index (κ2) is 7.62. The van der Waals surface area contributed by atoms with Crippen molar-refractivity contribution in [2.75, 3.05) is 0 Å². The number of rotatable bonds is 5. The van der Waals surface area contributed by atoms with E-state index in [0.717, 1.165) is 21.8 Å². The van der Waals surface area contributed by atoms with E-state index in [9.17, 15) is 4.21 Å². The third-order valence-electron chi connectivity index (χ3n) is 4.09. The highest BCUT2D eigenvalue weighted by Gasteiger charge is 2.39. The average Bonchev–Trinajstić information content (AvgIpc) is 2.36. The molecule has 0 saturated heterocycles. The Morgan fingerprint density at radius 3 is 2.09 bits per heavy atom. The minimum atomic E-state index is -1.96. The summed E-state index contributed by atoms with van der Waals surface area (Å²) in [6.45, 7) is 17.1. The van der Waals surface area contributed by atoms with Crippen LogP contribution in [0.5, 0.6) is 0 Å². The van der Waals surface area contributed by atoms with Crippen LogP contribution < -0.4 is 0 Å². The molecule has 1 aromatic rings. The SMILES string of the molecule is CC(C)=C/C(=C/[S@@](=O)c1ccc(C)cc1)O[Si](C)(C)C(C)(C)C. The molecule has 4 heteroatoms. The Morgan fingerprint density at radius 2 is 1.65 bits per heavy atom. The number of allylic oxidation sites excluding steroid dienone is 2. The van der Waals surface area contributed by atoms with E-state index in [4.69, 9.17) is 4.43 Å². The highest BCUT2D eigenvalue weighted by Crippen LogP contribution is 2.38. The number of benzene rings is 1. The van der Waals surface area contributed by atoms with Crippen molar-refractivity contribution in [2.24, 2.45) is 0 Å². The first-order valence-electron chi connectivity index (χ1n) is 7.95. The number of hydrogen-bond donors (Lipinski definition) is 0. The zero-order valence-corrected chi connectivity index (χ0v) is 17.5. The number of aryl methyl sites for hydroxylation is 1. The minimum absolute atomic E-state index is 0.104. The van der Waals surface area contributed by atoms with Crippen LogP contribution in [-0.4, -0.2) is 12.5 Å². The van der Waals surface area contributed by atoms with E-state index in [0.29, 0.717) is 0 Å².